The van der Waals surface area contributed by atoms with E-state index in [1.54, 1.807) is 32.5 Å². The van der Waals surface area contributed by atoms with Gasteiger partial charge in [-0.2, -0.15) is 4.98 Å². The first-order valence-electron chi connectivity index (χ1n) is 12.2. The van der Waals surface area contributed by atoms with Gasteiger partial charge in [-0.25, -0.2) is 9.65 Å². The van der Waals surface area contributed by atoms with Crippen LogP contribution < -0.4 is 10.9 Å². The summed E-state index contributed by atoms with van der Waals surface area (Å²) in [6.07, 6.45) is 0.341. The average Bonchev–Trinajstić information content (AvgIpc) is 3.35. The lowest BCUT2D eigenvalue weighted by molar-refractivity contribution is -0.118. The molecule has 1 aliphatic heterocycles. The summed E-state index contributed by atoms with van der Waals surface area (Å²) in [5, 5.41) is 2.56. The van der Waals surface area contributed by atoms with Crippen molar-refractivity contribution in [2.75, 3.05) is 26.0 Å². The molecule has 0 aliphatic carbocycles. The summed E-state index contributed by atoms with van der Waals surface area (Å²) in [6, 6.07) is 0. The number of anilines is 1. The number of carbonyl (C=O) groups is 1. The van der Waals surface area contributed by atoms with Crippen molar-refractivity contribution in [2.45, 2.75) is 77.6 Å². The van der Waals surface area contributed by atoms with Crippen molar-refractivity contribution >= 4 is 49.4 Å². The van der Waals surface area contributed by atoms with Crippen LogP contribution in [-0.4, -0.2) is 71.3 Å². The van der Waals surface area contributed by atoms with E-state index >= 15 is 0 Å². The number of H-pyrrole nitrogens is 1. The Morgan fingerprint density at radius 1 is 1.41 bits per heavy atom. The zero-order valence-electron chi connectivity index (χ0n) is 22.9. The Bertz CT molecular complexity index is 1240. The number of nitrogens with one attached hydrogen (secondary N) is 2. The van der Waals surface area contributed by atoms with Crippen molar-refractivity contribution in [3.8, 4) is 0 Å². The molecule has 0 saturated carbocycles. The van der Waals surface area contributed by atoms with Crippen LogP contribution in [0, 0.1) is 5.92 Å². The average molecular weight is 577 g/mol. The van der Waals surface area contributed by atoms with Crippen LogP contribution in [0.5, 0.6) is 0 Å². The summed E-state index contributed by atoms with van der Waals surface area (Å²) in [6.45, 7) is 10.6. The SMILES string of the molecule is CC(C)C(=O)Nc1nc2c(ncn2[C@H]2C[C@H](O[Si](C)(C)C(C)(C)C)[C@@H](CO[P@](=O)(Cl)N(C)C)O2)c(=O)[nH]1. The molecule has 2 aromatic rings. The number of halogens is 1. The Morgan fingerprint density at radius 2 is 2.05 bits per heavy atom. The molecule has 37 heavy (non-hydrogen) atoms. The normalized spacial score (nSPS) is 22.6. The zero-order valence-corrected chi connectivity index (χ0v) is 25.5. The summed E-state index contributed by atoms with van der Waals surface area (Å²) in [7, 11) is 0.936. The van der Waals surface area contributed by atoms with Gasteiger partial charge in [0.15, 0.2) is 19.5 Å². The maximum atomic E-state index is 12.6. The highest BCUT2D eigenvalue weighted by Gasteiger charge is 2.46. The Kier molecular flexibility index (Phi) is 8.80. The van der Waals surface area contributed by atoms with Crippen molar-refractivity contribution in [3.63, 3.8) is 0 Å². The van der Waals surface area contributed by atoms with Crippen LogP contribution in [0.25, 0.3) is 11.2 Å². The fraction of sp³-hybridized carbons (Fsp3) is 0.727. The number of ether oxygens (including phenoxy) is 1. The fourth-order valence-corrected chi connectivity index (χ4v) is 5.53. The van der Waals surface area contributed by atoms with Gasteiger partial charge in [0.25, 0.3) is 5.56 Å². The molecule has 15 heteroatoms. The maximum Gasteiger partial charge on any atom is 0.362 e. The van der Waals surface area contributed by atoms with E-state index in [1.807, 2.05) is 0 Å². The van der Waals surface area contributed by atoms with Crippen molar-refractivity contribution in [2.24, 2.45) is 5.92 Å². The number of aromatic amines is 1. The number of amides is 1. The minimum Gasteiger partial charge on any atom is -0.411 e. The van der Waals surface area contributed by atoms with Crippen LogP contribution in [-0.2, 0) is 23.0 Å². The highest BCUT2D eigenvalue weighted by atomic mass is 35.7. The molecule has 0 aromatic carbocycles. The van der Waals surface area contributed by atoms with E-state index in [1.165, 1.54) is 11.0 Å². The molecule has 0 radical (unpaired) electrons. The summed E-state index contributed by atoms with van der Waals surface area (Å²) >= 11 is 6.09. The minimum atomic E-state index is -3.52. The molecular weight excluding hydrogens is 539 g/mol. The minimum absolute atomic E-state index is 0.0268. The molecule has 3 heterocycles. The number of carbonyl (C=O) groups excluding carboxylic acids is 1. The Morgan fingerprint density at radius 3 is 2.62 bits per heavy atom. The Hall–Kier alpha value is -1.60. The second-order valence-corrected chi connectivity index (χ2v) is 19.3. The molecule has 3 rings (SSSR count). The third kappa shape index (κ3) is 6.70. The van der Waals surface area contributed by atoms with Crippen LogP contribution >= 0.6 is 18.1 Å². The van der Waals surface area contributed by atoms with E-state index in [9.17, 15) is 14.2 Å². The van der Waals surface area contributed by atoms with Gasteiger partial charge in [0.1, 0.15) is 12.3 Å². The third-order valence-corrected chi connectivity index (χ3v) is 13.9. The number of rotatable bonds is 9. The molecule has 1 aliphatic rings. The largest absolute Gasteiger partial charge is 0.411 e. The first-order chi connectivity index (χ1) is 16.9. The van der Waals surface area contributed by atoms with E-state index in [-0.39, 0.29) is 46.7 Å². The Labute approximate surface area is 222 Å². The molecule has 2 N–H and O–H groups in total. The summed E-state index contributed by atoms with van der Waals surface area (Å²) in [5.74, 6) is -0.547. The summed E-state index contributed by atoms with van der Waals surface area (Å²) in [4.78, 5) is 36.0. The molecule has 2 aromatic heterocycles. The van der Waals surface area contributed by atoms with Gasteiger partial charge in [-0.15, -0.1) is 0 Å². The number of aromatic nitrogens is 4. The van der Waals surface area contributed by atoms with Crippen molar-refractivity contribution in [3.05, 3.63) is 16.7 Å². The van der Waals surface area contributed by atoms with Crippen LogP contribution in [0.3, 0.4) is 0 Å². The molecule has 1 fully saturated rings. The summed E-state index contributed by atoms with van der Waals surface area (Å²) in [5.41, 5.74) is -0.105. The third-order valence-electron chi connectivity index (χ3n) is 6.82. The second kappa shape index (κ2) is 10.9. The standard InChI is InChI=1S/C22H38ClN6O6PSi/c1-13(2)19(30)26-21-25-18-17(20(31)27-21)24-12-29(18)16-10-14(35-37(8,9)22(3,4)5)15(34-16)11-33-36(23,32)28(6)7/h12-16H,10-11H2,1-9H3,(H2,25,26,27,30,31)/t14-,15+,16+,36+/m0/s1. The Balaban J connectivity index is 1.94. The highest BCUT2D eigenvalue weighted by Crippen LogP contribution is 2.54. The van der Waals surface area contributed by atoms with Crippen LogP contribution in [0.2, 0.25) is 18.1 Å². The van der Waals surface area contributed by atoms with Gasteiger partial charge >= 0.3 is 6.87 Å². The topological polar surface area (TPSA) is 141 Å². The number of imidazole rings is 1. The highest BCUT2D eigenvalue weighted by molar-refractivity contribution is 7.83. The number of nitrogens with zero attached hydrogens (tertiary/aromatic N) is 4. The van der Waals surface area contributed by atoms with Crippen molar-refractivity contribution < 1.29 is 23.0 Å². The molecule has 0 bridgehead atoms. The number of hydrogen-bond donors (Lipinski definition) is 2. The molecular formula is C22H38ClN6O6PSi. The maximum absolute atomic E-state index is 12.6. The first kappa shape index (κ1) is 29.9. The van der Waals surface area contributed by atoms with Gasteiger partial charge in [0.05, 0.1) is 19.0 Å². The van der Waals surface area contributed by atoms with E-state index in [0.29, 0.717) is 6.42 Å². The van der Waals surface area contributed by atoms with Crippen LogP contribution in [0.15, 0.2) is 11.1 Å². The van der Waals surface area contributed by atoms with Crippen LogP contribution in [0.1, 0.15) is 47.3 Å². The van der Waals surface area contributed by atoms with Gasteiger partial charge in [-0.05, 0) is 43.5 Å². The number of hydrogen-bond acceptors (Lipinski definition) is 8. The lowest BCUT2D eigenvalue weighted by Gasteiger charge is -2.39. The van der Waals surface area contributed by atoms with Gasteiger partial charge in [-0.1, -0.05) is 34.6 Å². The van der Waals surface area contributed by atoms with Crippen molar-refractivity contribution in [1.82, 2.24) is 24.2 Å². The predicted octanol–water partition coefficient (Wildman–Crippen LogP) is 4.32. The summed E-state index contributed by atoms with van der Waals surface area (Å²) < 4.78 is 34.1. The van der Waals surface area contributed by atoms with Gasteiger partial charge in [-0.3, -0.25) is 29.0 Å². The van der Waals surface area contributed by atoms with Crippen LogP contribution in [0.4, 0.5) is 5.95 Å². The molecule has 1 amide bonds. The van der Waals surface area contributed by atoms with Gasteiger partial charge in [0.2, 0.25) is 11.9 Å². The first-order valence-corrected chi connectivity index (χ1v) is 17.5. The molecule has 0 unspecified atom stereocenters. The van der Waals surface area contributed by atoms with E-state index < -0.39 is 33.1 Å². The van der Waals surface area contributed by atoms with E-state index in [2.05, 4.69) is 54.1 Å². The molecule has 208 valence electrons. The second-order valence-electron chi connectivity index (χ2n) is 11.3. The lowest BCUT2D eigenvalue weighted by Crippen LogP contribution is -2.46. The van der Waals surface area contributed by atoms with Crippen molar-refractivity contribution in [1.29, 1.82) is 0 Å². The van der Waals surface area contributed by atoms with Gasteiger partial charge in [0, 0.05) is 12.3 Å². The number of fused-ring (bicyclic) bond motifs is 1. The molecule has 0 spiro atoms. The molecule has 12 nitrogen and oxygen atoms in total. The molecule has 4 atom stereocenters. The smallest absolute Gasteiger partial charge is 0.362 e. The zero-order chi connectivity index (χ0) is 27.9. The van der Waals surface area contributed by atoms with E-state index in [0.717, 1.165) is 0 Å². The van der Waals surface area contributed by atoms with E-state index in [4.69, 9.17) is 24.9 Å². The quantitative estimate of drug-likeness (QED) is 0.330. The van der Waals surface area contributed by atoms with Gasteiger partial charge < -0.3 is 13.7 Å². The molecule has 1 saturated heterocycles. The lowest BCUT2D eigenvalue weighted by atomic mass is 10.2. The monoisotopic (exact) mass is 576 g/mol. The fourth-order valence-electron chi connectivity index (χ4n) is 3.44. The predicted molar refractivity (Wildman–Crippen MR) is 145 cm³/mol.